The number of ether oxygens (including phenoxy) is 1. The fraction of sp³-hybridized carbons (Fsp3) is 0.417. The summed E-state index contributed by atoms with van der Waals surface area (Å²) in [5, 5.41) is 0. The summed E-state index contributed by atoms with van der Waals surface area (Å²) in [6.45, 7) is 4.49. The van der Waals surface area contributed by atoms with Crippen LogP contribution in [0.4, 0.5) is 4.39 Å². The van der Waals surface area contributed by atoms with E-state index < -0.39 is 11.8 Å². The van der Waals surface area contributed by atoms with E-state index >= 15 is 0 Å². The Bertz CT molecular complexity index is 377. The molecule has 16 heavy (non-hydrogen) atoms. The van der Waals surface area contributed by atoms with E-state index in [4.69, 9.17) is 4.74 Å². The molecule has 1 aromatic rings. The fourth-order valence-corrected chi connectivity index (χ4v) is 1.32. The second-order valence-electron chi connectivity index (χ2n) is 3.98. The minimum atomic E-state index is -0.443. The molecule has 4 heteroatoms. The summed E-state index contributed by atoms with van der Waals surface area (Å²) in [7, 11) is 0. The zero-order chi connectivity index (χ0) is 12.1. The number of halogens is 1. The Labute approximate surface area is 100 Å². The van der Waals surface area contributed by atoms with Crippen molar-refractivity contribution in [3.8, 4) is 0 Å². The van der Waals surface area contributed by atoms with Gasteiger partial charge in [0.15, 0.2) is 0 Å². The van der Waals surface area contributed by atoms with Gasteiger partial charge in [-0.1, -0.05) is 13.8 Å². The predicted octanol–water partition coefficient (Wildman–Crippen LogP) is 3.32. The molecule has 0 saturated heterocycles. The van der Waals surface area contributed by atoms with Crippen LogP contribution in [0.3, 0.4) is 0 Å². The van der Waals surface area contributed by atoms with Gasteiger partial charge in [0.05, 0.1) is 12.2 Å². The Hall–Kier alpha value is -1.03. The standard InChI is InChI=1S/C12H15FO2S/c1-8(2)5-6-15-12(14)9-3-4-10(13)11(16)7-9/h3-4,7-8,16H,5-6H2,1-2H3. The Morgan fingerprint density at radius 2 is 2.19 bits per heavy atom. The van der Waals surface area contributed by atoms with E-state index in [1.807, 2.05) is 0 Å². The fourth-order valence-electron chi connectivity index (χ4n) is 1.11. The molecule has 0 bridgehead atoms. The van der Waals surface area contributed by atoms with Gasteiger partial charge in [-0.3, -0.25) is 0 Å². The van der Waals surface area contributed by atoms with E-state index in [0.717, 1.165) is 6.42 Å². The van der Waals surface area contributed by atoms with E-state index in [0.29, 0.717) is 18.1 Å². The van der Waals surface area contributed by atoms with Crippen LogP contribution in [0.5, 0.6) is 0 Å². The lowest BCUT2D eigenvalue weighted by Gasteiger charge is -2.07. The molecule has 2 nitrogen and oxygen atoms in total. The predicted molar refractivity (Wildman–Crippen MR) is 63.4 cm³/mol. The summed E-state index contributed by atoms with van der Waals surface area (Å²) >= 11 is 3.90. The van der Waals surface area contributed by atoms with Crippen LogP contribution in [0.1, 0.15) is 30.6 Å². The maximum Gasteiger partial charge on any atom is 0.338 e. The Morgan fingerprint density at radius 3 is 2.75 bits per heavy atom. The molecule has 0 aliphatic carbocycles. The SMILES string of the molecule is CC(C)CCOC(=O)c1ccc(F)c(S)c1. The van der Waals surface area contributed by atoms with E-state index in [2.05, 4.69) is 26.5 Å². The van der Waals surface area contributed by atoms with Crippen LogP contribution >= 0.6 is 12.6 Å². The highest BCUT2D eigenvalue weighted by Gasteiger charge is 2.09. The van der Waals surface area contributed by atoms with E-state index in [1.54, 1.807) is 0 Å². The van der Waals surface area contributed by atoms with Gasteiger partial charge >= 0.3 is 5.97 Å². The topological polar surface area (TPSA) is 26.3 Å². The number of thiol groups is 1. The third-order valence-corrected chi connectivity index (χ3v) is 2.45. The molecular formula is C12H15FO2S. The lowest BCUT2D eigenvalue weighted by atomic mass is 10.1. The van der Waals surface area contributed by atoms with Crippen LogP contribution in [-0.4, -0.2) is 12.6 Å². The van der Waals surface area contributed by atoms with Gasteiger partial charge in [-0.25, -0.2) is 9.18 Å². The summed E-state index contributed by atoms with van der Waals surface area (Å²) in [6, 6.07) is 3.98. The summed E-state index contributed by atoms with van der Waals surface area (Å²) < 4.78 is 17.9. The van der Waals surface area contributed by atoms with Crippen LogP contribution in [0.25, 0.3) is 0 Å². The second kappa shape index (κ2) is 5.89. The first kappa shape index (κ1) is 13.0. The highest BCUT2D eigenvalue weighted by atomic mass is 32.1. The molecule has 0 amide bonds. The highest BCUT2D eigenvalue weighted by molar-refractivity contribution is 7.80. The number of hydrogen-bond acceptors (Lipinski definition) is 3. The molecule has 0 saturated carbocycles. The van der Waals surface area contributed by atoms with Gasteiger partial charge in [0, 0.05) is 4.90 Å². The molecule has 0 spiro atoms. The first-order valence-electron chi connectivity index (χ1n) is 5.16. The third-order valence-electron chi connectivity index (χ3n) is 2.11. The zero-order valence-corrected chi connectivity index (χ0v) is 10.3. The Balaban J connectivity index is 2.56. The monoisotopic (exact) mass is 242 g/mol. The van der Waals surface area contributed by atoms with Crippen LogP contribution in [0.2, 0.25) is 0 Å². The number of benzene rings is 1. The zero-order valence-electron chi connectivity index (χ0n) is 9.37. The average molecular weight is 242 g/mol. The number of carbonyl (C=O) groups is 1. The second-order valence-corrected chi connectivity index (χ2v) is 4.47. The maximum absolute atomic E-state index is 12.9. The molecule has 0 aromatic heterocycles. The van der Waals surface area contributed by atoms with Gasteiger partial charge in [0.1, 0.15) is 5.82 Å². The molecule has 0 unspecified atom stereocenters. The first-order chi connectivity index (χ1) is 7.50. The lowest BCUT2D eigenvalue weighted by Crippen LogP contribution is -2.08. The molecule has 1 rings (SSSR count). The summed E-state index contributed by atoms with van der Waals surface area (Å²) in [5.74, 6) is -0.389. The molecule has 0 radical (unpaired) electrons. The molecule has 0 aliphatic heterocycles. The molecule has 0 N–H and O–H groups in total. The number of esters is 1. The molecule has 0 atom stereocenters. The van der Waals surface area contributed by atoms with Crippen molar-refractivity contribution in [2.75, 3.05) is 6.61 Å². The van der Waals surface area contributed by atoms with E-state index in [1.165, 1.54) is 18.2 Å². The van der Waals surface area contributed by atoms with Crippen molar-refractivity contribution in [1.29, 1.82) is 0 Å². The van der Waals surface area contributed by atoms with Crippen molar-refractivity contribution in [1.82, 2.24) is 0 Å². The van der Waals surface area contributed by atoms with Gasteiger partial charge in [-0.05, 0) is 30.5 Å². The van der Waals surface area contributed by atoms with Crippen molar-refractivity contribution < 1.29 is 13.9 Å². The minimum absolute atomic E-state index is 0.151. The van der Waals surface area contributed by atoms with Crippen LogP contribution in [0, 0.1) is 11.7 Å². The molecule has 1 aromatic carbocycles. The largest absolute Gasteiger partial charge is 0.462 e. The molecular weight excluding hydrogens is 227 g/mol. The van der Waals surface area contributed by atoms with E-state index in [9.17, 15) is 9.18 Å². The maximum atomic E-state index is 12.9. The normalized spacial score (nSPS) is 10.6. The van der Waals surface area contributed by atoms with Crippen molar-refractivity contribution in [3.63, 3.8) is 0 Å². The Kier molecular flexibility index (Phi) is 4.80. The quantitative estimate of drug-likeness (QED) is 0.647. The van der Waals surface area contributed by atoms with Crippen molar-refractivity contribution >= 4 is 18.6 Å². The minimum Gasteiger partial charge on any atom is -0.462 e. The Morgan fingerprint density at radius 1 is 1.50 bits per heavy atom. The van der Waals surface area contributed by atoms with E-state index in [-0.39, 0.29) is 4.90 Å². The summed E-state index contributed by atoms with van der Waals surface area (Å²) in [5.41, 5.74) is 0.329. The average Bonchev–Trinajstić information content (AvgIpc) is 2.21. The number of carbonyl (C=O) groups excluding carboxylic acids is 1. The van der Waals surface area contributed by atoms with Gasteiger partial charge in [0.2, 0.25) is 0 Å². The third kappa shape index (κ3) is 3.85. The van der Waals surface area contributed by atoms with Crippen molar-refractivity contribution in [3.05, 3.63) is 29.6 Å². The van der Waals surface area contributed by atoms with Crippen molar-refractivity contribution in [2.45, 2.75) is 25.2 Å². The highest BCUT2D eigenvalue weighted by Crippen LogP contribution is 2.15. The molecule has 0 fully saturated rings. The van der Waals surface area contributed by atoms with Crippen LogP contribution < -0.4 is 0 Å². The molecule has 88 valence electrons. The van der Waals surface area contributed by atoms with Crippen molar-refractivity contribution in [2.24, 2.45) is 5.92 Å². The van der Waals surface area contributed by atoms with Gasteiger partial charge < -0.3 is 4.74 Å². The lowest BCUT2D eigenvalue weighted by molar-refractivity contribution is 0.0487. The summed E-state index contributed by atoms with van der Waals surface area (Å²) in [4.78, 5) is 11.7. The van der Waals surface area contributed by atoms with Gasteiger partial charge in [0.25, 0.3) is 0 Å². The first-order valence-corrected chi connectivity index (χ1v) is 5.61. The van der Waals surface area contributed by atoms with Gasteiger partial charge in [-0.15, -0.1) is 12.6 Å². The number of rotatable bonds is 4. The summed E-state index contributed by atoms with van der Waals surface area (Å²) in [6.07, 6.45) is 0.820. The van der Waals surface area contributed by atoms with Gasteiger partial charge in [-0.2, -0.15) is 0 Å². The smallest absolute Gasteiger partial charge is 0.338 e. The van der Waals surface area contributed by atoms with Crippen LogP contribution in [0.15, 0.2) is 23.1 Å². The molecule has 0 heterocycles. The van der Waals surface area contributed by atoms with Crippen LogP contribution in [-0.2, 0) is 4.74 Å². The molecule has 0 aliphatic rings. The number of hydrogen-bond donors (Lipinski definition) is 1.